The largest absolute Gasteiger partial charge is 0.494 e. The first kappa shape index (κ1) is 15.3. The number of rotatable bonds is 7. The molecular weight excluding hydrogens is 252 g/mol. The molecule has 112 valence electrons. The molecule has 1 fully saturated rings. The van der Waals surface area contributed by atoms with Crippen molar-refractivity contribution in [2.45, 2.75) is 31.9 Å². The quantitative estimate of drug-likeness (QED) is 0.830. The highest BCUT2D eigenvalue weighted by atomic mass is 16.5. The Morgan fingerprint density at radius 1 is 1.40 bits per heavy atom. The van der Waals surface area contributed by atoms with Crippen molar-refractivity contribution in [1.82, 2.24) is 4.90 Å². The fourth-order valence-electron chi connectivity index (χ4n) is 2.76. The number of nitrogens with zero attached hydrogens (tertiary/aromatic N) is 1. The lowest BCUT2D eigenvalue weighted by molar-refractivity contribution is 0.0689. The number of ether oxygens (including phenoxy) is 2. The van der Waals surface area contributed by atoms with Gasteiger partial charge in [0.2, 0.25) is 0 Å². The van der Waals surface area contributed by atoms with Gasteiger partial charge in [-0.2, -0.15) is 0 Å². The molecule has 4 nitrogen and oxygen atoms in total. The van der Waals surface area contributed by atoms with Gasteiger partial charge in [0.1, 0.15) is 5.75 Å². The molecule has 2 unspecified atom stereocenters. The highest BCUT2D eigenvalue weighted by Crippen LogP contribution is 2.23. The van der Waals surface area contributed by atoms with E-state index in [9.17, 15) is 0 Å². The molecule has 0 amide bonds. The van der Waals surface area contributed by atoms with Crippen LogP contribution in [0.1, 0.15) is 31.4 Å². The van der Waals surface area contributed by atoms with Crippen LogP contribution in [0, 0.1) is 0 Å². The van der Waals surface area contributed by atoms with Crippen LogP contribution in [0.5, 0.6) is 5.75 Å². The van der Waals surface area contributed by atoms with Gasteiger partial charge < -0.3 is 15.2 Å². The lowest BCUT2D eigenvalue weighted by Crippen LogP contribution is -2.36. The van der Waals surface area contributed by atoms with Crippen molar-refractivity contribution in [3.63, 3.8) is 0 Å². The fraction of sp³-hybridized carbons (Fsp3) is 0.625. The maximum atomic E-state index is 5.96. The third-order valence-corrected chi connectivity index (χ3v) is 3.85. The zero-order valence-electron chi connectivity index (χ0n) is 12.5. The number of hydrogen-bond acceptors (Lipinski definition) is 4. The molecule has 0 spiro atoms. The third kappa shape index (κ3) is 3.95. The lowest BCUT2D eigenvalue weighted by Gasteiger charge is -2.29. The van der Waals surface area contributed by atoms with Crippen LogP contribution < -0.4 is 10.5 Å². The summed E-state index contributed by atoms with van der Waals surface area (Å²) in [5.74, 6) is 0.911. The molecule has 2 N–H and O–H groups in total. The minimum Gasteiger partial charge on any atom is -0.494 e. The van der Waals surface area contributed by atoms with Crippen LogP contribution in [0.25, 0.3) is 0 Å². The first-order valence-corrected chi connectivity index (χ1v) is 7.49. The molecule has 0 aliphatic carbocycles. The predicted octanol–water partition coefficient (Wildman–Crippen LogP) is 2.20. The molecule has 1 aromatic carbocycles. The molecule has 1 aliphatic rings. The standard InChI is InChI=1S/C16H26N2O2/c1-3-19-14-8-6-13(7-9-14)16(11-17)18(2)12-15-5-4-10-20-15/h6-9,15-16H,3-5,10-12,17H2,1-2H3. The number of likely N-dealkylation sites (N-methyl/N-ethyl adjacent to an activating group) is 1. The molecule has 0 radical (unpaired) electrons. The van der Waals surface area contributed by atoms with Gasteiger partial charge in [-0.15, -0.1) is 0 Å². The molecule has 2 rings (SSSR count). The summed E-state index contributed by atoms with van der Waals surface area (Å²) in [5.41, 5.74) is 7.20. The van der Waals surface area contributed by atoms with E-state index in [1.165, 1.54) is 12.0 Å². The Hall–Kier alpha value is -1.10. The summed E-state index contributed by atoms with van der Waals surface area (Å²) < 4.78 is 11.2. The summed E-state index contributed by atoms with van der Waals surface area (Å²) in [6.45, 7) is 5.13. The van der Waals surface area contributed by atoms with Crippen molar-refractivity contribution in [3.8, 4) is 5.75 Å². The van der Waals surface area contributed by atoms with Gasteiger partial charge in [0.25, 0.3) is 0 Å². The summed E-state index contributed by atoms with van der Waals surface area (Å²) >= 11 is 0. The monoisotopic (exact) mass is 278 g/mol. The Morgan fingerprint density at radius 3 is 2.70 bits per heavy atom. The second-order valence-corrected chi connectivity index (χ2v) is 5.33. The normalized spacial score (nSPS) is 20.3. The highest BCUT2D eigenvalue weighted by Gasteiger charge is 2.22. The topological polar surface area (TPSA) is 47.7 Å². The van der Waals surface area contributed by atoms with Gasteiger partial charge in [-0.3, -0.25) is 4.90 Å². The Kier molecular flexibility index (Phi) is 5.83. The molecule has 0 aromatic heterocycles. The molecule has 0 saturated carbocycles. The molecule has 0 bridgehead atoms. The SMILES string of the molecule is CCOc1ccc(C(CN)N(C)CC2CCCO2)cc1. The van der Waals surface area contributed by atoms with Crippen molar-refractivity contribution in [1.29, 1.82) is 0 Å². The van der Waals surface area contributed by atoms with Gasteiger partial charge >= 0.3 is 0 Å². The van der Waals surface area contributed by atoms with Crippen LogP contribution >= 0.6 is 0 Å². The minimum atomic E-state index is 0.231. The zero-order chi connectivity index (χ0) is 14.4. The molecule has 1 heterocycles. The van der Waals surface area contributed by atoms with Gasteiger partial charge in [-0.1, -0.05) is 12.1 Å². The second-order valence-electron chi connectivity index (χ2n) is 5.33. The molecular formula is C16H26N2O2. The van der Waals surface area contributed by atoms with Crippen LogP contribution in [0.2, 0.25) is 0 Å². The maximum absolute atomic E-state index is 5.96. The van der Waals surface area contributed by atoms with Crippen molar-refractivity contribution in [2.75, 3.05) is 33.4 Å². The summed E-state index contributed by atoms with van der Waals surface area (Å²) in [6.07, 6.45) is 2.69. The van der Waals surface area contributed by atoms with Crippen LogP contribution in [0.3, 0.4) is 0 Å². The van der Waals surface area contributed by atoms with Crippen molar-refractivity contribution >= 4 is 0 Å². The molecule has 4 heteroatoms. The molecule has 2 atom stereocenters. The smallest absolute Gasteiger partial charge is 0.119 e. The molecule has 1 aliphatic heterocycles. The second kappa shape index (κ2) is 7.62. The average Bonchev–Trinajstić information content (AvgIpc) is 2.95. The van der Waals surface area contributed by atoms with E-state index in [1.807, 2.05) is 19.1 Å². The molecule has 1 aromatic rings. The Morgan fingerprint density at radius 2 is 2.15 bits per heavy atom. The number of benzene rings is 1. The van der Waals surface area contributed by atoms with E-state index in [1.54, 1.807) is 0 Å². The van der Waals surface area contributed by atoms with Gasteiger partial charge in [0.05, 0.1) is 12.7 Å². The average molecular weight is 278 g/mol. The van der Waals surface area contributed by atoms with E-state index >= 15 is 0 Å². The third-order valence-electron chi connectivity index (χ3n) is 3.85. The Labute approximate surface area is 121 Å². The van der Waals surface area contributed by atoms with Crippen LogP contribution in [0.15, 0.2) is 24.3 Å². The fourth-order valence-corrected chi connectivity index (χ4v) is 2.76. The Balaban J connectivity index is 1.98. The van der Waals surface area contributed by atoms with E-state index in [0.717, 1.165) is 25.3 Å². The summed E-state index contributed by atoms with van der Waals surface area (Å²) in [5, 5.41) is 0. The zero-order valence-corrected chi connectivity index (χ0v) is 12.5. The van der Waals surface area contributed by atoms with Crippen molar-refractivity contribution in [3.05, 3.63) is 29.8 Å². The first-order valence-electron chi connectivity index (χ1n) is 7.49. The first-order chi connectivity index (χ1) is 9.74. The van der Waals surface area contributed by atoms with Gasteiger partial charge in [0, 0.05) is 25.7 Å². The van der Waals surface area contributed by atoms with Crippen LogP contribution in [-0.4, -0.2) is 44.4 Å². The number of nitrogens with two attached hydrogens (primary N) is 1. The Bertz CT molecular complexity index is 388. The molecule has 20 heavy (non-hydrogen) atoms. The summed E-state index contributed by atoms with van der Waals surface area (Å²) in [6, 6.07) is 8.47. The summed E-state index contributed by atoms with van der Waals surface area (Å²) in [4.78, 5) is 2.30. The predicted molar refractivity (Wildman–Crippen MR) is 81.0 cm³/mol. The van der Waals surface area contributed by atoms with E-state index in [2.05, 4.69) is 24.1 Å². The minimum absolute atomic E-state index is 0.231. The van der Waals surface area contributed by atoms with Crippen molar-refractivity contribution in [2.24, 2.45) is 5.73 Å². The van der Waals surface area contributed by atoms with E-state index in [4.69, 9.17) is 15.2 Å². The van der Waals surface area contributed by atoms with E-state index in [-0.39, 0.29) is 6.04 Å². The lowest BCUT2D eigenvalue weighted by atomic mass is 10.0. The van der Waals surface area contributed by atoms with Gasteiger partial charge in [-0.25, -0.2) is 0 Å². The summed E-state index contributed by atoms with van der Waals surface area (Å²) in [7, 11) is 2.12. The van der Waals surface area contributed by atoms with Crippen LogP contribution in [-0.2, 0) is 4.74 Å². The van der Waals surface area contributed by atoms with Gasteiger partial charge in [0.15, 0.2) is 0 Å². The van der Waals surface area contributed by atoms with E-state index < -0.39 is 0 Å². The maximum Gasteiger partial charge on any atom is 0.119 e. The highest BCUT2D eigenvalue weighted by molar-refractivity contribution is 5.29. The van der Waals surface area contributed by atoms with Crippen LogP contribution in [0.4, 0.5) is 0 Å². The number of hydrogen-bond donors (Lipinski definition) is 1. The van der Waals surface area contributed by atoms with E-state index in [0.29, 0.717) is 19.3 Å². The molecule has 1 saturated heterocycles. The van der Waals surface area contributed by atoms with Crippen molar-refractivity contribution < 1.29 is 9.47 Å². The van der Waals surface area contributed by atoms with Gasteiger partial charge in [-0.05, 0) is 44.5 Å².